The van der Waals surface area contributed by atoms with Crippen LogP contribution in [-0.4, -0.2) is 18.1 Å². The first-order valence-corrected chi connectivity index (χ1v) is 7.28. The van der Waals surface area contributed by atoms with E-state index < -0.39 is 5.97 Å². The van der Waals surface area contributed by atoms with Crippen LogP contribution in [0, 0.1) is 0 Å². The molecule has 110 valence electrons. The lowest BCUT2D eigenvalue weighted by molar-refractivity contribution is 0.0697. The maximum Gasteiger partial charge on any atom is 0.335 e. The van der Waals surface area contributed by atoms with E-state index in [1.807, 2.05) is 25.2 Å². The van der Waals surface area contributed by atoms with Gasteiger partial charge < -0.3 is 15.2 Å². The summed E-state index contributed by atoms with van der Waals surface area (Å²) in [5.41, 5.74) is 2.26. The van der Waals surface area contributed by atoms with Gasteiger partial charge in [0.05, 0.1) is 10.0 Å². The van der Waals surface area contributed by atoms with Crippen molar-refractivity contribution in [2.45, 2.75) is 13.2 Å². The Kier molecular flexibility index (Phi) is 5.36. The summed E-state index contributed by atoms with van der Waals surface area (Å²) in [6.07, 6.45) is 0. The predicted molar refractivity (Wildman–Crippen MR) is 84.6 cm³/mol. The van der Waals surface area contributed by atoms with Crippen molar-refractivity contribution in [2.24, 2.45) is 0 Å². The van der Waals surface area contributed by atoms with Gasteiger partial charge in [0.2, 0.25) is 0 Å². The maximum absolute atomic E-state index is 10.8. The number of carboxylic acids is 1. The zero-order chi connectivity index (χ0) is 15.2. The van der Waals surface area contributed by atoms with Gasteiger partial charge in [-0.05, 0) is 46.7 Å². The first kappa shape index (κ1) is 15.5. The SMILES string of the molecule is CNCc1cccc(Br)c1OCc1ccc(C(=O)O)cc1. The summed E-state index contributed by atoms with van der Waals surface area (Å²) in [5.74, 6) is -0.126. The van der Waals surface area contributed by atoms with Crippen LogP contribution in [0.4, 0.5) is 0 Å². The zero-order valence-electron chi connectivity index (χ0n) is 11.6. The highest BCUT2D eigenvalue weighted by Crippen LogP contribution is 2.29. The number of hydrogen-bond acceptors (Lipinski definition) is 3. The minimum Gasteiger partial charge on any atom is -0.487 e. The smallest absolute Gasteiger partial charge is 0.335 e. The normalized spacial score (nSPS) is 10.4. The van der Waals surface area contributed by atoms with Gasteiger partial charge in [0.1, 0.15) is 12.4 Å². The van der Waals surface area contributed by atoms with E-state index in [9.17, 15) is 4.79 Å². The molecule has 0 aromatic heterocycles. The topological polar surface area (TPSA) is 58.6 Å². The quantitative estimate of drug-likeness (QED) is 0.838. The van der Waals surface area contributed by atoms with Crippen molar-refractivity contribution in [2.75, 3.05) is 7.05 Å². The van der Waals surface area contributed by atoms with Crippen molar-refractivity contribution in [3.8, 4) is 5.75 Å². The number of carbonyl (C=O) groups is 1. The summed E-state index contributed by atoms with van der Waals surface area (Å²) in [6.45, 7) is 1.10. The maximum atomic E-state index is 10.8. The van der Waals surface area contributed by atoms with E-state index in [2.05, 4.69) is 21.2 Å². The average Bonchev–Trinajstić information content (AvgIpc) is 2.47. The number of ether oxygens (including phenoxy) is 1. The van der Waals surface area contributed by atoms with Crippen LogP contribution in [0.2, 0.25) is 0 Å². The van der Waals surface area contributed by atoms with Crippen molar-refractivity contribution in [1.82, 2.24) is 5.32 Å². The summed E-state index contributed by atoms with van der Waals surface area (Å²) in [6, 6.07) is 12.6. The molecule has 0 saturated carbocycles. The summed E-state index contributed by atoms with van der Waals surface area (Å²) in [7, 11) is 1.88. The molecule has 0 heterocycles. The molecule has 0 bridgehead atoms. The highest BCUT2D eigenvalue weighted by molar-refractivity contribution is 9.10. The molecule has 0 saturated heterocycles. The monoisotopic (exact) mass is 349 g/mol. The largest absolute Gasteiger partial charge is 0.487 e. The van der Waals surface area contributed by atoms with E-state index in [1.165, 1.54) is 0 Å². The molecule has 2 rings (SSSR count). The van der Waals surface area contributed by atoms with Gasteiger partial charge >= 0.3 is 5.97 Å². The molecule has 0 amide bonds. The molecular weight excluding hydrogens is 334 g/mol. The van der Waals surface area contributed by atoms with E-state index in [0.717, 1.165) is 21.3 Å². The molecule has 5 heteroatoms. The molecular formula is C16H16BrNO3. The van der Waals surface area contributed by atoms with Crippen LogP contribution >= 0.6 is 15.9 Å². The first-order valence-electron chi connectivity index (χ1n) is 6.49. The third kappa shape index (κ3) is 4.06. The third-order valence-electron chi connectivity index (χ3n) is 3.00. The molecule has 2 aromatic carbocycles. The van der Waals surface area contributed by atoms with Gasteiger partial charge in [0.15, 0.2) is 0 Å². The second kappa shape index (κ2) is 7.24. The summed E-state index contributed by atoms with van der Waals surface area (Å²) < 4.78 is 6.77. The molecule has 0 aliphatic rings. The Labute approximate surface area is 131 Å². The minimum absolute atomic E-state index is 0.274. The summed E-state index contributed by atoms with van der Waals surface area (Å²) in [4.78, 5) is 10.8. The molecule has 0 aliphatic carbocycles. The van der Waals surface area contributed by atoms with Gasteiger partial charge in [0, 0.05) is 12.1 Å². The van der Waals surface area contributed by atoms with Gasteiger partial charge in [0.25, 0.3) is 0 Å². The zero-order valence-corrected chi connectivity index (χ0v) is 13.2. The molecule has 0 fully saturated rings. The fourth-order valence-electron chi connectivity index (χ4n) is 1.94. The van der Waals surface area contributed by atoms with Crippen LogP contribution in [0.25, 0.3) is 0 Å². The predicted octanol–water partition coefficient (Wildman–Crippen LogP) is 3.45. The number of rotatable bonds is 6. The highest BCUT2D eigenvalue weighted by Gasteiger charge is 2.08. The second-order valence-corrected chi connectivity index (χ2v) is 5.40. The van der Waals surface area contributed by atoms with Gasteiger partial charge in [-0.2, -0.15) is 0 Å². The number of carboxylic acid groups (broad SMARTS) is 1. The van der Waals surface area contributed by atoms with E-state index in [4.69, 9.17) is 9.84 Å². The number of para-hydroxylation sites is 1. The molecule has 0 atom stereocenters. The lowest BCUT2D eigenvalue weighted by Crippen LogP contribution is -2.08. The van der Waals surface area contributed by atoms with E-state index in [-0.39, 0.29) is 5.56 Å². The Morgan fingerprint density at radius 1 is 1.24 bits per heavy atom. The fraction of sp³-hybridized carbons (Fsp3) is 0.188. The number of nitrogens with one attached hydrogen (secondary N) is 1. The lowest BCUT2D eigenvalue weighted by atomic mass is 10.1. The molecule has 0 radical (unpaired) electrons. The summed E-state index contributed by atoms with van der Waals surface area (Å²) in [5, 5.41) is 12.0. The lowest BCUT2D eigenvalue weighted by Gasteiger charge is -2.13. The molecule has 2 N–H and O–H groups in total. The molecule has 21 heavy (non-hydrogen) atoms. The van der Waals surface area contributed by atoms with Crippen LogP contribution in [0.1, 0.15) is 21.5 Å². The Hall–Kier alpha value is -1.85. The van der Waals surface area contributed by atoms with Crippen LogP contribution in [0.5, 0.6) is 5.75 Å². The van der Waals surface area contributed by atoms with Crippen LogP contribution < -0.4 is 10.1 Å². The van der Waals surface area contributed by atoms with Gasteiger partial charge in [-0.25, -0.2) is 4.79 Å². The van der Waals surface area contributed by atoms with Crippen molar-refractivity contribution in [1.29, 1.82) is 0 Å². The van der Waals surface area contributed by atoms with Crippen molar-refractivity contribution < 1.29 is 14.6 Å². The van der Waals surface area contributed by atoms with Crippen LogP contribution in [0.3, 0.4) is 0 Å². The van der Waals surface area contributed by atoms with Crippen LogP contribution in [0.15, 0.2) is 46.9 Å². The molecule has 4 nitrogen and oxygen atoms in total. The highest BCUT2D eigenvalue weighted by atomic mass is 79.9. The Morgan fingerprint density at radius 3 is 2.57 bits per heavy atom. The van der Waals surface area contributed by atoms with Gasteiger partial charge in [-0.3, -0.25) is 0 Å². The molecule has 0 aliphatic heterocycles. The number of halogens is 1. The van der Waals surface area contributed by atoms with Gasteiger partial charge in [-0.1, -0.05) is 24.3 Å². The van der Waals surface area contributed by atoms with Crippen LogP contribution in [-0.2, 0) is 13.2 Å². The van der Waals surface area contributed by atoms with Gasteiger partial charge in [-0.15, -0.1) is 0 Å². The third-order valence-corrected chi connectivity index (χ3v) is 3.62. The Bertz CT molecular complexity index is 626. The number of benzene rings is 2. The molecule has 0 spiro atoms. The fourth-order valence-corrected chi connectivity index (χ4v) is 2.47. The van der Waals surface area contributed by atoms with Crippen molar-refractivity contribution >= 4 is 21.9 Å². The van der Waals surface area contributed by atoms with E-state index in [1.54, 1.807) is 24.3 Å². The number of aromatic carboxylic acids is 1. The number of hydrogen-bond donors (Lipinski definition) is 2. The average molecular weight is 350 g/mol. The Balaban J connectivity index is 2.10. The van der Waals surface area contributed by atoms with Crippen molar-refractivity contribution in [3.05, 3.63) is 63.6 Å². The minimum atomic E-state index is -0.926. The first-order chi connectivity index (χ1) is 10.1. The second-order valence-electron chi connectivity index (χ2n) is 4.55. The van der Waals surface area contributed by atoms with Crippen molar-refractivity contribution in [3.63, 3.8) is 0 Å². The Morgan fingerprint density at radius 2 is 1.95 bits per heavy atom. The summed E-state index contributed by atoms with van der Waals surface area (Å²) >= 11 is 3.49. The van der Waals surface area contributed by atoms with E-state index >= 15 is 0 Å². The standard InChI is InChI=1S/C16H16BrNO3/c1-18-9-13-3-2-4-14(17)15(13)21-10-11-5-7-12(8-6-11)16(19)20/h2-8,18H,9-10H2,1H3,(H,19,20). The van der Waals surface area contributed by atoms with E-state index in [0.29, 0.717) is 13.2 Å². The molecule has 2 aromatic rings. The molecule has 0 unspecified atom stereocenters.